The van der Waals surface area contributed by atoms with E-state index in [9.17, 15) is 14.4 Å². The van der Waals surface area contributed by atoms with Gasteiger partial charge in [-0.25, -0.2) is 10.2 Å². The minimum Gasteiger partial charge on any atom is -0.323 e. The fourth-order valence-electron chi connectivity index (χ4n) is 3.89. The molecule has 148 valence electrons. The number of benzene rings is 1. The number of aryl methyl sites for hydroxylation is 1. The van der Waals surface area contributed by atoms with Crippen LogP contribution in [0.25, 0.3) is 10.2 Å². The smallest absolute Gasteiger partial charge is 0.323 e. The molecule has 28 heavy (non-hydrogen) atoms. The number of fused-ring (bicyclic) bond motifs is 1. The van der Waals surface area contributed by atoms with Crippen molar-refractivity contribution in [3.05, 3.63) is 29.1 Å². The van der Waals surface area contributed by atoms with Crippen LogP contribution in [0.2, 0.25) is 0 Å². The standard InChI is InChI=1S/C19H23N5O3S/c1-12-7-9-19(10-8-12)16(26)24(17(27)20-19)11-15(25)21-22-18-23(2)13-5-3-4-6-14(13)28-18/h3-6,12H,7-11H2,1-2H3,(H,20,27)(H,21,25)/b22-18+. The molecule has 1 saturated heterocycles. The molecule has 0 unspecified atom stereocenters. The molecule has 0 atom stereocenters. The summed E-state index contributed by atoms with van der Waals surface area (Å²) < 4.78 is 2.94. The summed E-state index contributed by atoms with van der Waals surface area (Å²) in [6, 6.07) is 7.35. The van der Waals surface area contributed by atoms with E-state index in [1.807, 2.05) is 35.9 Å². The van der Waals surface area contributed by atoms with Crippen molar-refractivity contribution in [3.63, 3.8) is 0 Å². The fourth-order valence-corrected chi connectivity index (χ4v) is 4.87. The van der Waals surface area contributed by atoms with Crippen molar-refractivity contribution in [2.45, 2.75) is 38.1 Å². The van der Waals surface area contributed by atoms with Crippen molar-refractivity contribution in [1.82, 2.24) is 20.2 Å². The van der Waals surface area contributed by atoms with E-state index in [4.69, 9.17) is 0 Å². The number of hydrogen-bond acceptors (Lipinski definition) is 5. The number of para-hydroxylation sites is 1. The first kappa shape index (κ1) is 18.7. The molecular formula is C19H23N5O3S. The zero-order valence-corrected chi connectivity index (χ0v) is 16.7. The van der Waals surface area contributed by atoms with Crippen molar-refractivity contribution < 1.29 is 14.4 Å². The molecule has 0 radical (unpaired) electrons. The normalized spacial score (nSPS) is 25.6. The molecule has 4 amide bonds. The van der Waals surface area contributed by atoms with E-state index in [0.717, 1.165) is 28.0 Å². The number of nitrogens with zero attached hydrogens (tertiary/aromatic N) is 3. The van der Waals surface area contributed by atoms with Crippen LogP contribution in [0.5, 0.6) is 0 Å². The van der Waals surface area contributed by atoms with E-state index in [-0.39, 0.29) is 12.5 Å². The van der Waals surface area contributed by atoms with Crippen LogP contribution in [0.4, 0.5) is 4.79 Å². The molecule has 1 saturated carbocycles. The number of urea groups is 1. The number of thiazole rings is 1. The van der Waals surface area contributed by atoms with Gasteiger partial charge in [0.1, 0.15) is 12.1 Å². The second-order valence-electron chi connectivity index (χ2n) is 7.64. The molecule has 1 aromatic carbocycles. The van der Waals surface area contributed by atoms with Crippen LogP contribution in [0.3, 0.4) is 0 Å². The summed E-state index contributed by atoms with van der Waals surface area (Å²) in [4.78, 5) is 39.1. The first-order valence-electron chi connectivity index (χ1n) is 9.41. The Hall–Kier alpha value is -2.68. The highest BCUT2D eigenvalue weighted by Gasteiger charge is 2.52. The van der Waals surface area contributed by atoms with E-state index in [1.54, 1.807) is 0 Å². The minimum atomic E-state index is -0.834. The van der Waals surface area contributed by atoms with E-state index in [1.165, 1.54) is 11.3 Å². The minimum absolute atomic E-state index is 0.299. The van der Waals surface area contributed by atoms with Crippen molar-refractivity contribution >= 4 is 39.4 Å². The molecule has 1 aromatic heterocycles. The Kier molecular flexibility index (Phi) is 4.70. The molecule has 1 spiro atoms. The highest BCUT2D eigenvalue weighted by atomic mass is 32.1. The van der Waals surface area contributed by atoms with Gasteiger partial charge in [-0.1, -0.05) is 30.4 Å². The van der Waals surface area contributed by atoms with Crippen LogP contribution < -0.4 is 15.5 Å². The number of aromatic nitrogens is 1. The van der Waals surface area contributed by atoms with E-state index < -0.39 is 17.5 Å². The van der Waals surface area contributed by atoms with Crippen molar-refractivity contribution in [2.75, 3.05) is 6.54 Å². The predicted octanol–water partition coefficient (Wildman–Crippen LogP) is 1.67. The molecule has 2 N–H and O–H groups in total. The lowest BCUT2D eigenvalue weighted by atomic mass is 9.77. The topological polar surface area (TPSA) is 95.8 Å². The van der Waals surface area contributed by atoms with Gasteiger partial charge in [0.15, 0.2) is 0 Å². The van der Waals surface area contributed by atoms with Gasteiger partial charge >= 0.3 is 6.03 Å². The number of nitrogens with one attached hydrogen (secondary N) is 2. The lowest BCUT2D eigenvalue weighted by molar-refractivity contribution is -0.136. The van der Waals surface area contributed by atoms with Gasteiger partial charge < -0.3 is 9.88 Å². The largest absolute Gasteiger partial charge is 0.325 e. The molecule has 8 nitrogen and oxygen atoms in total. The maximum atomic E-state index is 12.8. The summed E-state index contributed by atoms with van der Waals surface area (Å²) in [7, 11) is 1.87. The van der Waals surface area contributed by atoms with Gasteiger partial charge in [-0.15, -0.1) is 5.10 Å². The molecule has 9 heteroatoms. The average Bonchev–Trinajstić information content (AvgIpc) is 3.12. The quantitative estimate of drug-likeness (QED) is 0.605. The Morgan fingerprint density at radius 1 is 1.32 bits per heavy atom. The van der Waals surface area contributed by atoms with Gasteiger partial charge in [0.2, 0.25) is 4.80 Å². The van der Waals surface area contributed by atoms with Crippen molar-refractivity contribution in [2.24, 2.45) is 18.1 Å². The summed E-state index contributed by atoms with van der Waals surface area (Å²) in [5.74, 6) is -0.248. The van der Waals surface area contributed by atoms with Crippen LogP contribution in [0, 0.1) is 5.92 Å². The zero-order valence-electron chi connectivity index (χ0n) is 15.9. The van der Waals surface area contributed by atoms with Gasteiger partial charge in [-0.3, -0.25) is 14.5 Å². The summed E-state index contributed by atoms with van der Waals surface area (Å²) in [5.41, 5.74) is 2.65. The summed E-state index contributed by atoms with van der Waals surface area (Å²) in [5, 5.41) is 6.98. The highest BCUT2D eigenvalue weighted by molar-refractivity contribution is 7.16. The number of hydrogen-bond donors (Lipinski definition) is 2. The third-order valence-corrected chi connectivity index (χ3v) is 6.78. The second kappa shape index (κ2) is 7.05. The van der Waals surface area contributed by atoms with Crippen LogP contribution in [0.15, 0.2) is 29.4 Å². The molecule has 1 aliphatic carbocycles. The molecule has 2 fully saturated rings. The maximum absolute atomic E-state index is 12.8. The van der Waals surface area contributed by atoms with Gasteiger partial charge in [-0.2, -0.15) is 0 Å². The Balaban J connectivity index is 1.45. The Morgan fingerprint density at radius 2 is 2.04 bits per heavy atom. The lowest BCUT2D eigenvalue weighted by Gasteiger charge is -2.33. The third kappa shape index (κ3) is 3.19. The lowest BCUT2D eigenvalue weighted by Crippen LogP contribution is -2.49. The number of carbonyl (C=O) groups is 3. The van der Waals surface area contributed by atoms with Crippen molar-refractivity contribution in [3.8, 4) is 0 Å². The van der Waals surface area contributed by atoms with E-state index in [0.29, 0.717) is 23.6 Å². The average molecular weight is 401 g/mol. The second-order valence-corrected chi connectivity index (χ2v) is 8.65. The number of carbonyl (C=O) groups excluding carboxylic acids is 3. The van der Waals surface area contributed by atoms with Gasteiger partial charge in [0.05, 0.1) is 10.2 Å². The van der Waals surface area contributed by atoms with Gasteiger partial charge in [0, 0.05) is 7.05 Å². The molecule has 1 aliphatic heterocycles. The predicted molar refractivity (Wildman–Crippen MR) is 105 cm³/mol. The van der Waals surface area contributed by atoms with Crippen LogP contribution in [-0.4, -0.2) is 39.4 Å². The van der Waals surface area contributed by atoms with Crippen LogP contribution in [0.1, 0.15) is 32.6 Å². The monoisotopic (exact) mass is 401 g/mol. The van der Waals surface area contributed by atoms with E-state index >= 15 is 0 Å². The van der Waals surface area contributed by atoms with Crippen LogP contribution >= 0.6 is 11.3 Å². The molecule has 2 aromatic rings. The fraction of sp³-hybridized carbons (Fsp3) is 0.474. The molecular weight excluding hydrogens is 378 g/mol. The molecule has 4 rings (SSSR count). The molecule has 0 bridgehead atoms. The number of rotatable bonds is 3. The van der Waals surface area contributed by atoms with Crippen molar-refractivity contribution in [1.29, 1.82) is 0 Å². The number of imide groups is 1. The summed E-state index contributed by atoms with van der Waals surface area (Å²) >= 11 is 1.45. The molecule has 2 heterocycles. The first-order valence-corrected chi connectivity index (χ1v) is 10.2. The molecule has 2 aliphatic rings. The van der Waals surface area contributed by atoms with E-state index in [2.05, 4.69) is 22.8 Å². The van der Waals surface area contributed by atoms with Gasteiger partial charge in [-0.05, 0) is 43.7 Å². The number of amides is 4. The Morgan fingerprint density at radius 3 is 2.75 bits per heavy atom. The highest BCUT2D eigenvalue weighted by Crippen LogP contribution is 2.36. The van der Waals surface area contributed by atoms with Crippen LogP contribution in [-0.2, 0) is 16.6 Å². The summed E-state index contributed by atoms with van der Waals surface area (Å²) in [6.45, 7) is 1.81. The van der Waals surface area contributed by atoms with Gasteiger partial charge in [0.25, 0.3) is 11.8 Å². The SMILES string of the molecule is CC1CCC2(CC1)NC(=O)N(CC(=O)N/N=c1/sc3ccccc3n1C)C2=O. The Labute approximate surface area is 166 Å². The third-order valence-electron chi connectivity index (χ3n) is 5.67. The Bertz CT molecular complexity index is 1020. The summed E-state index contributed by atoms with van der Waals surface area (Å²) in [6.07, 6.45) is 3.03. The maximum Gasteiger partial charge on any atom is 0.325 e. The first-order chi connectivity index (χ1) is 13.4. The zero-order chi connectivity index (χ0) is 19.9.